The molecule has 0 radical (unpaired) electrons. The first kappa shape index (κ1) is 9.05. The quantitative estimate of drug-likeness (QED) is 0.613. The van der Waals surface area contributed by atoms with Crippen molar-refractivity contribution in [3.05, 3.63) is 0 Å². The molecule has 1 saturated heterocycles. The molecule has 1 nitrogen and oxygen atoms in total. The summed E-state index contributed by atoms with van der Waals surface area (Å²) < 4.78 is 0. The topological polar surface area (TPSA) is 12.0 Å². The summed E-state index contributed by atoms with van der Waals surface area (Å²) in [6.07, 6.45) is 2.69. The Labute approximate surface area is 70.6 Å². The van der Waals surface area contributed by atoms with Gasteiger partial charge in [-0.3, -0.25) is 0 Å². The van der Waals surface area contributed by atoms with Gasteiger partial charge < -0.3 is 5.32 Å². The molecule has 1 heteroatoms. The van der Waals surface area contributed by atoms with E-state index in [9.17, 15) is 0 Å². The monoisotopic (exact) mass is 155 g/mol. The molecule has 1 fully saturated rings. The highest BCUT2D eigenvalue weighted by Crippen LogP contribution is 2.26. The van der Waals surface area contributed by atoms with Gasteiger partial charge in [0.2, 0.25) is 0 Å². The second-order valence-corrected chi connectivity index (χ2v) is 5.21. The van der Waals surface area contributed by atoms with Crippen LogP contribution in [0.15, 0.2) is 0 Å². The Balaban J connectivity index is 2.29. The molecule has 1 N–H and O–H groups in total. The zero-order chi connectivity index (χ0) is 8.48. The molecule has 11 heavy (non-hydrogen) atoms. The van der Waals surface area contributed by atoms with E-state index in [1.54, 1.807) is 0 Å². The van der Waals surface area contributed by atoms with Crippen molar-refractivity contribution in [2.45, 2.75) is 46.6 Å². The average Bonchev–Trinajstić information content (AvgIpc) is 2.10. The van der Waals surface area contributed by atoms with Crippen molar-refractivity contribution in [2.24, 2.45) is 11.3 Å². The van der Waals surface area contributed by atoms with Crippen LogP contribution >= 0.6 is 0 Å². The first-order chi connectivity index (χ1) is 4.97. The Morgan fingerprint density at radius 2 is 2.00 bits per heavy atom. The van der Waals surface area contributed by atoms with E-state index in [1.807, 2.05) is 0 Å². The number of hydrogen-bond donors (Lipinski definition) is 1. The lowest BCUT2D eigenvalue weighted by Crippen LogP contribution is -2.26. The molecule has 1 unspecified atom stereocenters. The molecular weight excluding hydrogens is 134 g/mol. The van der Waals surface area contributed by atoms with Crippen molar-refractivity contribution in [2.75, 3.05) is 6.54 Å². The van der Waals surface area contributed by atoms with E-state index >= 15 is 0 Å². The Bertz CT molecular complexity index is 123. The largest absolute Gasteiger partial charge is 0.314 e. The van der Waals surface area contributed by atoms with E-state index in [0.29, 0.717) is 5.41 Å². The summed E-state index contributed by atoms with van der Waals surface area (Å²) in [5.41, 5.74) is 0.488. The number of nitrogens with one attached hydrogen (secondary N) is 1. The van der Waals surface area contributed by atoms with Crippen LogP contribution in [0.3, 0.4) is 0 Å². The van der Waals surface area contributed by atoms with Gasteiger partial charge in [-0.2, -0.15) is 0 Å². The smallest absolute Gasteiger partial charge is 0.00751 e. The fourth-order valence-corrected chi connectivity index (χ4v) is 1.91. The van der Waals surface area contributed by atoms with Gasteiger partial charge in [-0.1, -0.05) is 27.7 Å². The summed E-state index contributed by atoms with van der Waals surface area (Å²) in [4.78, 5) is 0. The van der Waals surface area contributed by atoms with Gasteiger partial charge in [-0.05, 0) is 30.7 Å². The van der Waals surface area contributed by atoms with Gasteiger partial charge in [0, 0.05) is 6.04 Å². The Morgan fingerprint density at radius 1 is 1.36 bits per heavy atom. The predicted octanol–water partition coefficient (Wildman–Crippen LogP) is 2.42. The van der Waals surface area contributed by atoms with Crippen molar-refractivity contribution in [1.82, 2.24) is 5.32 Å². The second-order valence-electron chi connectivity index (χ2n) is 5.21. The molecule has 0 amide bonds. The summed E-state index contributed by atoms with van der Waals surface area (Å²) in [5.74, 6) is 0.891. The highest BCUT2D eigenvalue weighted by molar-refractivity contribution is 4.82. The van der Waals surface area contributed by atoms with Gasteiger partial charge >= 0.3 is 0 Å². The van der Waals surface area contributed by atoms with Crippen molar-refractivity contribution >= 4 is 0 Å². The number of hydrogen-bond acceptors (Lipinski definition) is 1. The third-order valence-corrected chi connectivity index (χ3v) is 2.30. The Kier molecular flexibility index (Phi) is 2.58. The molecule has 0 aliphatic carbocycles. The first-order valence-corrected chi connectivity index (χ1v) is 4.71. The maximum Gasteiger partial charge on any atom is 0.00751 e. The van der Waals surface area contributed by atoms with Crippen LogP contribution in [-0.2, 0) is 0 Å². The van der Waals surface area contributed by atoms with Crippen LogP contribution in [0.4, 0.5) is 0 Å². The van der Waals surface area contributed by atoms with Crippen LogP contribution in [0.25, 0.3) is 0 Å². The van der Waals surface area contributed by atoms with Gasteiger partial charge in [-0.25, -0.2) is 0 Å². The van der Waals surface area contributed by atoms with Crippen LogP contribution in [-0.4, -0.2) is 12.6 Å². The fourth-order valence-electron chi connectivity index (χ4n) is 1.91. The standard InChI is InChI=1S/C10H21N/c1-8-5-9(11-7-8)6-10(2,3)4/h8-9,11H,5-7H2,1-4H3/t8?,9-/m1/s1. The number of rotatable bonds is 1. The van der Waals surface area contributed by atoms with E-state index in [1.165, 1.54) is 19.4 Å². The van der Waals surface area contributed by atoms with Crippen molar-refractivity contribution in [1.29, 1.82) is 0 Å². The summed E-state index contributed by atoms with van der Waals surface area (Å²) in [5, 5.41) is 3.56. The molecule has 2 atom stereocenters. The lowest BCUT2D eigenvalue weighted by atomic mass is 9.87. The van der Waals surface area contributed by atoms with Crippen molar-refractivity contribution in [3.8, 4) is 0 Å². The van der Waals surface area contributed by atoms with Crippen molar-refractivity contribution in [3.63, 3.8) is 0 Å². The minimum atomic E-state index is 0.488. The maximum absolute atomic E-state index is 3.56. The summed E-state index contributed by atoms with van der Waals surface area (Å²) >= 11 is 0. The lowest BCUT2D eigenvalue weighted by molar-refractivity contribution is 0.323. The van der Waals surface area contributed by atoms with E-state index in [4.69, 9.17) is 0 Å². The van der Waals surface area contributed by atoms with Crippen LogP contribution in [0.1, 0.15) is 40.5 Å². The summed E-state index contributed by atoms with van der Waals surface area (Å²) in [6.45, 7) is 10.5. The van der Waals surface area contributed by atoms with Gasteiger partial charge in [0.15, 0.2) is 0 Å². The zero-order valence-electron chi connectivity index (χ0n) is 8.28. The molecule has 0 aromatic carbocycles. The molecule has 0 saturated carbocycles. The van der Waals surface area contributed by atoms with Gasteiger partial charge in [0.1, 0.15) is 0 Å². The fraction of sp³-hybridized carbons (Fsp3) is 1.00. The van der Waals surface area contributed by atoms with Crippen LogP contribution in [0, 0.1) is 11.3 Å². The molecule has 66 valence electrons. The second kappa shape index (κ2) is 3.14. The molecule has 0 aromatic heterocycles. The summed E-state index contributed by atoms with van der Waals surface area (Å²) in [7, 11) is 0. The van der Waals surface area contributed by atoms with Gasteiger partial charge in [-0.15, -0.1) is 0 Å². The minimum absolute atomic E-state index is 0.488. The predicted molar refractivity (Wildman–Crippen MR) is 49.6 cm³/mol. The first-order valence-electron chi connectivity index (χ1n) is 4.71. The third kappa shape index (κ3) is 3.24. The van der Waals surface area contributed by atoms with Crippen LogP contribution in [0.2, 0.25) is 0 Å². The summed E-state index contributed by atoms with van der Waals surface area (Å²) in [6, 6.07) is 0.782. The molecular formula is C10H21N. The van der Waals surface area contributed by atoms with E-state index in [-0.39, 0.29) is 0 Å². The van der Waals surface area contributed by atoms with E-state index < -0.39 is 0 Å². The maximum atomic E-state index is 3.56. The highest BCUT2D eigenvalue weighted by atomic mass is 14.9. The highest BCUT2D eigenvalue weighted by Gasteiger charge is 2.24. The normalized spacial score (nSPS) is 32.7. The van der Waals surface area contributed by atoms with Crippen molar-refractivity contribution < 1.29 is 0 Å². The molecule has 1 aliphatic heterocycles. The van der Waals surface area contributed by atoms with E-state index in [2.05, 4.69) is 33.0 Å². The third-order valence-electron chi connectivity index (χ3n) is 2.30. The minimum Gasteiger partial charge on any atom is -0.314 e. The SMILES string of the molecule is CC1CN[C@@H](CC(C)(C)C)C1. The molecule has 0 spiro atoms. The molecule has 0 bridgehead atoms. The van der Waals surface area contributed by atoms with Gasteiger partial charge in [0.25, 0.3) is 0 Å². The lowest BCUT2D eigenvalue weighted by Gasteiger charge is -2.22. The van der Waals surface area contributed by atoms with Gasteiger partial charge in [0.05, 0.1) is 0 Å². The zero-order valence-corrected chi connectivity index (χ0v) is 8.28. The van der Waals surface area contributed by atoms with E-state index in [0.717, 1.165) is 12.0 Å². The molecule has 1 rings (SSSR count). The molecule has 1 aliphatic rings. The molecule has 1 heterocycles. The average molecular weight is 155 g/mol. The molecule has 0 aromatic rings. The Morgan fingerprint density at radius 3 is 2.36 bits per heavy atom. The Hall–Kier alpha value is -0.0400. The van der Waals surface area contributed by atoms with Crippen LogP contribution < -0.4 is 5.32 Å². The van der Waals surface area contributed by atoms with Crippen LogP contribution in [0.5, 0.6) is 0 Å².